The molecule has 0 atom stereocenters. The molecule has 2 aromatic heterocycles. The van der Waals surface area contributed by atoms with E-state index in [1.807, 2.05) is 0 Å². The first-order valence-electron chi connectivity index (χ1n) is 6.68. The van der Waals surface area contributed by atoms with Gasteiger partial charge in [-0.15, -0.1) is 0 Å². The van der Waals surface area contributed by atoms with Gasteiger partial charge in [0.2, 0.25) is 4.96 Å². The van der Waals surface area contributed by atoms with E-state index in [1.165, 1.54) is 14.0 Å². The van der Waals surface area contributed by atoms with Crippen molar-refractivity contribution in [1.29, 1.82) is 0 Å². The van der Waals surface area contributed by atoms with E-state index in [1.54, 1.807) is 31.4 Å². The van der Waals surface area contributed by atoms with Gasteiger partial charge in [-0.2, -0.15) is 14.6 Å². The van der Waals surface area contributed by atoms with Crippen molar-refractivity contribution in [3.8, 4) is 11.5 Å². The molecule has 2 heterocycles. The standard InChI is InChI=1S/C15H13N3O4S/c1-8-13(19)16-15-18(17-8)14(20)11(23-15)7-9-5-4-6-10(21-2)12(9)22-3/h4-7H,1-3H3. The van der Waals surface area contributed by atoms with Crippen LogP contribution in [0, 0.1) is 6.92 Å². The second kappa shape index (κ2) is 5.81. The minimum Gasteiger partial charge on any atom is -0.493 e. The van der Waals surface area contributed by atoms with Crippen molar-refractivity contribution < 1.29 is 9.47 Å². The number of benzene rings is 1. The van der Waals surface area contributed by atoms with Gasteiger partial charge in [-0.25, -0.2) is 0 Å². The number of thiazole rings is 1. The van der Waals surface area contributed by atoms with Gasteiger partial charge in [-0.05, 0) is 19.1 Å². The molecule has 8 heteroatoms. The molecule has 3 aromatic rings. The molecule has 0 amide bonds. The third-order valence-corrected chi connectivity index (χ3v) is 4.22. The van der Waals surface area contributed by atoms with Crippen LogP contribution in [0.3, 0.4) is 0 Å². The maximum Gasteiger partial charge on any atom is 0.295 e. The molecule has 1 aromatic carbocycles. The summed E-state index contributed by atoms with van der Waals surface area (Å²) in [5.74, 6) is 1.09. The SMILES string of the molecule is COc1cccc(C=c2sc3nc(=O)c(C)nn3c2=O)c1OC. The maximum atomic E-state index is 12.4. The molecule has 0 aliphatic heterocycles. The van der Waals surface area contributed by atoms with Crippen LogP contribution in [0.25, 0.3) is 11.0 Å². The lowest BCUT2D eigenvalue weighted by Gasteiger charge is -2.09. The van der Waals surface area contributed by atoms with E-state index in [0.717, 1.165) is 15.9 Å². The largest absolute Gasteiger partial charge is 0.493 e. The zero-order chi connectivity index (χ0) is 16.6. The van der Waals surface area contributed by atoms with E-state index in [-0.39, 0.29) is 16.2 Å². The average Bonchev–Trinajstić information content (AvgIpc) is 2.83. The van der Waals surface area contributed by atoms with Crippen molar-refractivity contribution in [2.75, 3.05) is 14.2 Å². The predicted molar refractivity (Wildman–Crippen MR) is 86.5 cm³/mol. The van der Waals surface area contributed by atoms with Crippen LogP contribution in [0.1, 0.15) is 11.3 Å². The molecule has 0 bridgehead atoms. The first-order chi connectivity index (χ1) is 11.0. The van der Waals surface area contributed by atoms with Crippen molar-refractivity contribution in [3.63, 3.8) is 0 Å². The van der Waals surface area contributed by atoms with E-state index < -0.39 is 5.56 Å². The topological polar surface area (TPSA) is 82.8 Å². The van der Waals surface area contributed by atoms with E-state index >= 15 is 0 Å². The number of rotatable bonds is 3. The predicted octanol–water partition coefficient (Wildman–Crippen LogP) is 0.385. The quantitative estimate of drug-likeness (QED) is 0.690. The van der Waals surface area contributed by atoms with Crippen molar-refractivity contribution in [1.82, 2.24) is 14.6 Å². The molecule has 0 aliphatic carbocycles. The minimum absolute atomic E-state index is 0.183. The second-order valence-electron chi connectivity index (χ2n) is 4.70. The van der Waals surface area contributed by atoms with Crippen molar-refractivity contribution in [3.05, 3.63) is 54.7 Å². The fraction of sp³-hybridized carbons (Fsp3) is 0.200. The Labute approximate surface area is 134 Å². The molecule has 0 fully saturated rings. The van der Waals surface area contributed by atoms with E-state index in [0.29, 0.717) is 21.6 Å². The molecule has 3 rings (SSSR count). The van der Waals surface area contributed by atoms with Gasteiger partial charge < -0.3 is 9.47 Å². The highest BCUT2D eigenvalue weighted by Gasteiger charge is 2.11. The number of aromatic nitrogens is 3. The molecule has 0 radical (unpaired) electrons. The molecule has 0 saturated heterocycles. The van der Waals surface area contributed by atoms with Crippen LogP contribution in [0.2, 0.25) is 0 Å². The monoisotopic (exact) mass is 331 g/mol. The Morgan fingerprint density at radius 1 is 1.22 bits per heavy atom. The molecule has 0 saturated carbocycles. The van der Waals surface area contributed by atoms with Gasteiger partial charge in [-0.3, -0.25) is 9.59 Å². The van der Waals surface area contributed by atoms with Crippen LogP contribution in [0.15, 0.2) is 27.8 Å². The number of hydrogen-bond donors (Lipinski definition) is 0. The summed E-state index contributed by atoms with van der Waals surface area (Å²) in [6, 6.07) is 5.37. The van der Waals surface area contributed by atoms with E-state index in [9.17, 15) is 9.59 Å². The summed E-state index contributed by atoms with van der Waals surface area (Å²) in [5, 5.41) is 3.98. The normalized spacial score (nSPS) is 11.9. The molecule has 23 heavy (non-hydrogen) atoms. The molecular formula is C15H13N3O4S. The number of para-hydroxylation sites is 1. The van der Waals surface area contributed by atoms with Gasteiger partial charge >= 0.3 is 0 Å². The lowest BCUT2D eigenvalue weighted by atomic mass is 10.2. The summed E-state index contributed by atoms with van der Waals surface area (Å²) in [5.41, 5.74) is 0.111. The summed E-state index contributed by atoms with van der Waals surface area (Å²) in [6.45, 7) is 1.52. The first-order valence-corrected chi connectivity index (χ1v) is 7.50. The first kappa shape index (κ1) is 15.2. The zero-order valence-electron chi connectivity index (χ0n) is 12.7. The number of methoxy groups -OCH3 is 2. The summed E-state index contributed by atoms with van der Waals surface area (Å²) < 4.78 is 12.1. The van der Waals surface area contributed by atoms with Crippen LogP contribution in [-0.4, -0.2) is 28.8 Å². The average molecular weight is 331 g/mol. The molecular weight excluding hydrogens is 318 g/mol. The summed E-state index contributed by atoms with van der Waals surface area (Å²) in [7, 11) is 3.07. The number of nitrogens with zero attached hydrogens (tertiary/aromatic N) is 3. The van der Waals surface area contributed by atoms with Crippen molar-refractivity contribution >= 4 is 22.4 Å². The van der Waals surface area contributed by atoms with Crippen LogP contribution < -0.4 is 25.1 Å². The lowest BCUT2D eigenvalue weighted by molar-refractivity contribution is 0.354. The second-order valence-corrected chi connectivity index (χ2v) is 5.70. The summed E-state index contributed by atoms with van der Waals surface area (Å²) in [6.07, 6.45) is 1.67. The Morgan fingerprint density at radius 3 is 2.70 bits per heavy atom. The Bertz CT molecular complexity index is 1050. The van der Waals surface area contributed by atoms with Crippen LogP contribution in [0.4, 0.5) is 0 Å². The zero-order valence-corrected chi connectivity index (χ0v) is 13.5. The third-order valence-electron chi connectivity index (χ3n) is 3.26. The van der Waals surface area contributed by atoms with Gasteiger partial charge in [0.05, 0.1) is 18.8 Å². The highest BCUT2D eigenvalue weighted by molar-refractivity contribution is 7.15. The van der Waals surface area contributed by atoms with Gasteiger partial charge in [0.25, 0.3) is 11.1 Å². The van der Waals surface area contributed by atoms with Crippen LogP contribution in [0.5, 0.6) is 11.5 Å². The fourth-order valence-corrected chi connectivity index (χ4v) is 3.05. The minimum atomic E-state index is -0.434. The van der Waals surface area contributed by atoms with Gasteiger partial charge in [-0.1, -0.05) is 23.5 Å². The molecule has 118 valence electrons. The van der Waals surface area contributed by atoms with Crippen molar-refractivity contribution in [2.45, 2.75) is 6.92 Å². The summed E-state index contributed by atoms with van der Waals surface area (Å²) >= 11 is 1.10. The molecule has 0 unspecified atom stereocenters. The van der Waals surface area contributed by atoms with Crippen LogP contribution in [-0.2, 0) is 0 Å². The highest BCUT2D eigenvalue weighted by Crippen LogP contribution is 2.30. The Balaban J connectivity index is 2.29. The number of hydrogen-bond acceptors (Lipinski definition) is 7. The van der Waals surface area contributed by atoms with Gasteiger partial charge in [0, 0.05) is 5.56 Å². The number of aryl methyl sites for hydroxylation is 1. The molecule has 7 nitrogen and oxygen atoms in total. The fourth-order valence-electron chi connectivity index (χ4n) is 2.15. The summed E-state index contributed by atoms with van der Waals surface area (Å²) in [4.78, 5) is 28.1. The maximum absolute atomic E-state index is 12.4. The van der Waals surface area contributed by atoms with E-state index in [2.05, 4.69) is 10.1 Å². The van der Waals surface area contributed by atoms with Gasteiger partial charge in [0.15, 0.2) is 11.5 Å². The Kier molecular flexibility index (Phi) is 3.83. The highest BCUT2D eigenvalue weighted by atomic mass is 32.1. The Morgan fingerprint density at radius 2 is 2.00 bits per heavy atom. The Hall–Kier alpha value is -2.74. The lowest BCUT2D eigenvalue weighted by Crippen LogP contribution is -2.27. The van der Waals surface area contributed by atoms with E-state index in [4.69, 9.17) is 9.47 Å². The van der Waals surface area contributed by atoms with Crippen LogP contribution >= 0.6 is 11.3 Å². The third kappa shape index (κ3) is 2.57. The van der Waals surface area contributed by atoms with Gasteiger partial charge in [0.1, 0.15) is 5.69 Å². The number of fused-ring (bicyclic) bond motifs is 1. The molecule has 0 spiro atoms. The van der Waals surface area contributed by atoms with Crippen molar-refractivity contribution in [2.24, 2.45) is 0 Å². The number of ether oxygens (including phenoxy) is 2. The molecule has 0 aliphatic rings. The smallest absolute Gasteiger partial charge is 0.295 e. The molecule has 0 N–H and O–H groups in total.